The summed E-state index contributed by atoms with van der Waals surface area (Å²) in [6, 6.07) is 0.967. The van der Waals surface area contributed by atoms with Crippen LogP contribution in [0, 0.1) is 11.6 Å². The molecule has 0 amide bonds. The second-order valence-electron chi connectivity index (χ2n) is 4.58. The zero-order valence-corrected chi connectivity index (χ0v) is 11.6. The third kappa shape index (κ3) is 3.48. The summed E-state index contributed by atoms with van der Waals surface area (Å²) in [5.74, 6) is -4.05. The van der Waals surface area contributed by atoms with Gasteiger partial charge in [0.2, 0.25) is 10.0 Å². The van der Waals surface area contributed by atoms with Crippen molar-refractivity contribution in [2.24, 2.45) is 0 Å². The molecule has 1 aliphatic rings. The van der Waals surface area contributed by atoms with Crippen LogP contribution in [0.1, 0.15) is 23.2 Å². The highest BCUT2D eigenvalue weighted by atomic mass is 32.2. The smallest absolute Gasteiger partial charge is 0.338 e. The molecule has 2 N–H and O–H groups in total. The predicted molar refractivity (Wildman–Crippen MR) is 69.7 cm³/mol. The SMILES string of the molecule is O=C(O)c1cc(NS(=O)(=O)C2CCOCC2)c(F)cc1F. The van der Waals surface area contributed by atoms with Gasteiger partial charge in [-0.1, -0.05) is 0 Å². The van der Waals surface area contributed by atoms with E-state index in [4.69, 9.17) is 9.84 Å². The molecule has 9 heteroatoms. The highest BCUT2D eigenvalue weighted by molar-refractivity contribution is 7.93. The van der Waals surface area contributed by atoms with Crippen molar-refractivity contribution in [2.45, 2.75) is 18.1 Å². The first-order chi connectivity index (χ1) is 9.81. The normalized spacial score (nSPS) is 16.7. The standard InChI is InChI=1S/C12H13F2NO5S/c13-9-6-10(14)11(5-8(9)12(16)17)15-21(18,19)7-1-3-20-4-2-7/h5-7,15H,1-4H2,(H,16,17). The van der Waals surface area contributed by atoms with Crippen molar-refractivity contribution < 1.29 is 31.8 Å². The average Bonchev–Trinajstić information content (AvgIpc) is 2.42. The average molecular weight is 321 g/mol. The zero-order chi connectivity index (χ0) is 15.6. The molecule has 0 aromatic heterocycles. The molecule has 1 aliphatic heterocycles. The predicted octanol–water partition coefficient (Wildman–Crippen LogP) is 1.58. The van der Waals surface area contributed by atoms with E-state index in [9.17, 15) is 22.0 Å². The van der Waals surface area contributed by atoms with E-state index in [0.717, 1.165) is 0 Å². The molecule has 0 radical (unpaired) electrons. The van der Waals surface area contributed by atoms with Crippen LogP contribution < -0.4 is 4.72 Å². The molecule has 0 unspecified atom stereocenters. The molecule has 1 aromatic carbocycles. The van der Waals surface area contributed by atoms with Gasteiger partial charge in [0.05, 0.1) is 16.5 Å². The number of rotatable bonds is 4. The number of hydrogen-bond acceptors (Lipinski definition) is 4. The second-order valence-corrected chi connectivity index (χ2v) is 6.54. The van der Waals surface area contributed by atoms with Crippen molar-refractivity contribution in [2.75, 3.05) is 17.9 Å². The number of anilines is 1. The summed E-state index contributed by atoms with van der Waals surface area (Å²) in [5.41, 5.74) is -1.39. The topological polar surface area (TPSA) is 92.7 Å². The van der Waals surface area contributed by atoms with Gasteiger partial charge in [-0.25, -0.2) is 22.0 Å². The summed E-state index contributed by atoms with van der Waals surface area (Å²) < 4.78 is 58.1. The van der Waals surface area contributed by atoms with E-state index in [1.54, 1.807) is 0 Å². The minimum absolute atomic E-state index is 0.254. The van der Waals surface area contributed by atoms with E-state index in [0.29, 0.717) is 12.1 Å². The number of sulfonamides is 1. The molecule has 0 saturated carbocycles. The third-order valence-electron chi connectivity index (χ3n) is 3.15. The van der Waals surface area contributed by atoms with Crippen LogP contribution in [0.5, 0.6) is 0 Å². The molecule has 1 saturated heterocycles. The van der Waals surface area contributed by atoms with Crippen LogP contribution in [-0.4, -0.2) is 38.0 Å². The number of aromatic carboxylic acids is 1. The third-order valence-corrected chi connectivity index (χ3v) is 5.00. The molecule has 6 nitrogen and oxygen atoms in total. The van der Waals surface area contributed by atoms with Crippen molar-refractivity contribution in [3.8, 4) is 0 Å². The van der Waals surface area contributed by atoms with Crippen LogP contribution in [0.2, 0.25) is 0 Å². The van der Waals surface area contributed by atoms with Gasteiger partial charge in [-0.2, -0.15) is 0 Å². The summed E-state index contributed by atoms with van der Waals surface area (Å²) in [5, 5.41) is 8.01. The zero-order valence-electron chi connectivity index (χ0n) is 10.8. The molecular weight excluding hydrogens is 308 g/mol. The Labute approximate surface area is 119 Å². The van der Waals surface area contributed by atoms with Gasteiger partial charge < -0.3 is 9.84 Å². The van der Waals surface area contributed by atoms with Gasteiger partial charge >= 0.3 is 5.97 Å². The maximum atomic E-state index is 13.6. The Bertz CT molecular complexity index is 656. The number of hydrogen-bond donors (Lipinski definition) is 2. The minimum Gasteiger partial charge on any atom is -0.478 e. The van der Waals surface area contributed by atoms with Crippen molar-refractivity contribution >= 4 is 21.7 Å². The first-order valence-corrected chi connectivity index (χ1v) is 7.67. The molecule has 0 aliphatic carbocycles. The number of benzene rings is 1. The summed E-state index contributed by atoms with van der Waals surface area (Å²) >= 11 is 0. The first kappa shape index (κ1) is 15.6. The number of ether oxygens (including phenoxy) is 1. The van der Waals surface area contributed by atoms with Crippen molar-refractivity contribution in [1.29, 1.82) is 0 Å². The van der Waals surface area contributed by atoms with Crippen molar-refractivity contribution in [3.63, 3.8) is 0 Å². The van der Waals surface area contributed by atoms with Crippen LogP contribution in [0.15, 0.2) is 12.1 Å². The van der Waals surface area contributed by atoms with Gasteiger partial charge in [0.15, 0.2) is 0 Å². The Morgan fingerprint density at radius 1 is 1.24 bits per heavy atom. The van der Waals surface area contributed by atoms with Crippen LogP contribution in [0.25, 0.3) is 0 Å². The minimum atomic E-state index is -3.90. The van der Waals surface area contributed by atoms with Gasteiger partial charge in [0.25, 0.3) is 0 Å². The van der Waals surface area contributed by atoms with Gasteiger partial charge in [-0.3, -0.25) is 4.72 Å². The van der Waals surface area contributed by atoms with Gasteiger partial charge in [-0.15, -0.1) is 0 Å². The van der Waals surface area contributed by atoms with E-state index >= 15 is 0 Å². The number of carbonyl (C=O) groups is 1. The van der Waals surface area contributed by atoms with Gasteiger partial charge in [0.1, 0.15) is 11.6 Å². The monoisotopic (exact) mass is 321 g/mol. The summed E-state index contributed by atoms with van der Waals surface area (Å²) in [6.07, 6.45) is 0.508. The highest BCUT2D eigenvalue weighted by Gasteiger charge is 2.29. The van der Waals surface area contributed by atoms with Crippen LogP contribution in [0.3, 0.4) is 0 Å². The number of nitrogens with one attached hydrogen (secondary N) is 1. The van der Waals surface area contributed by atoms with E-state index in [1.165, 1.54) is 0 Å². The van der Waals surface area contributed by atoms with Crippen LogP contribution in [0.4, 0.5) is 14.5 Å². The maximum absolute atomic E-state index is 13.6. The maximum Gasteiger partial charge on any atom is 0.338 e. The molecule has 0 bridgehead atoms. The number of carboxylic acid groups (broad SMARTS) is 1. The first-order valence-electron chi connectivity index (χ1n) is 6.13. The number of halogens is 2. The fourth-order valence-corrected chi connectivity index (χ4v) is 3.46. The molecule has 1 aromatic rings. The molecule has 116 valence electrons. The lowest BCUT2D eigenvalue weighted by atomic mass is 10.2. The van der Waals surface area contributed by atoms with Gasteiger partial charge in [0, 0.05) is 19.3 Å². The second kappa shape index (κ2) is 5.94. The lowest BCUT2D eigenvalue weighted by Crippen LogP contribution is -2.33. The van der Waals surface area contributed by atoms with Crippen LogP contribution >= 0.6 is 0 Å². The molecule has 0 atom stereocenters. The highest BCUT2D eigenvalue weighted by Crippen LogP contribution is 2.24. The fourth-order valence-electron chi connectivity index (χ4n) is 2.01. The molecule has 1 heterocycles. The Morgan fingerprint density at radius 3 is 2.43 bits per heavy atom. The Kier molecular flexibility index (Phi) is 4.43. The van der Waals surface area contributed by atoms with Crippen molar-refractivity contribution in [1.82, 2.24) is 0 Å². The van der Waals surface area contributed by atoms with E-state index in [-0.39, 0.29) is 26.1 Å². The molecular formula is C12H13F2NO5S. The largest absolute Gasteiger partial charge is 0.478 e. The summed E-state index contributed by atoms with van der Waals surface area (Å²) in [7, 11) is -3.90. The Balaban J connectivity index is 2.30. The molecule has 21 heavy (non-hydrogen) atoms. The van der Waals surface area contributed by atoms with Crippen LogP contribution in [-0.2, 0) is 14.8 Å². The summed E-state index contributed by atoms with van der Waals surface area (Å²) in [6.45, 7) is 0.551. The lowest BCUT2D eigenvalue weighted by molar-refractivity contribution is 0.0692. The lowest BCUT2D eigenvalue weighted by Gasteiger charge is -2.23. The van der Waals surface area contributed by atoms with E-state index in [1.807, 2.05) is 4.72 Å². The fraction of sp³-hybridized carbons (Fsp3) is 0.417. The molecule has 2 rings (SSSR count). The summed E-state index contributed by atoms with van der Waals surface area (Å²) in [4.78, 5) is 10.8. The molecule has 0 spiro atoms. The number of carboxylic acids is 1. The molecule has 1 fully saturated rings. The Hall–Kier alpha value is -1.74. The van der Waals surface area contributed by atoms with Gasteiger partial charge in [-0.05, 0) is 18.9 Å². The quantitative estimate of drug-likeness (QED) is 0.878. The van der Waals surface area contributed by atoms with Crippen molar-refractivity contribution in [3.05, 3.63) is 29.3 Å². The van der Waals surface area contributed by atoms with E-state index < -0.39 is 44.1 Å². The van der Waals surface area contributed by atoms with E-state index in [2.05, 4.69) is 0 Å². The Morgan fingerprint density at radius 2 is 1.86 bits per heavy atom.